The topological polar surface area (TPSA) is 3.24 Å². The van der Waals surface area contributed by atoms with Gasteiger partial charge in [0.25, 0.3) is 0 Å². The fourth-order valence-electron chi connectivity index (χ4n) is 1.68. The predicted molar refractivity (Wildman–Crippen MR) is 72.3 cm³/mol. The Morgan fingerprint density at radius 1 is 1.24 bits per heavy atom. The molecule has 0 fully saturated rings. The van der Waals surface area contributed by atoms with Gasteiger partial charge in [-0.2, -0.15) is 0 Å². The maximum atomic E-state index is 13.2. The third-order valence-electron chi connectivity index (χ3n) is 2.61. The lowest BCUT2D eigenvalue weighted by molar-refractivity contribution is 0.318. The van der Waals surface area contributed by atoms with E-state index in [1.54, 1.807) is 6.07 Å². The first-order chi connectivity index (χ1) is 8.13. The van der Waals surface area contributed by atoms with E-state index in [9.17, 15) is 4.39 Å². The number of rotatable bonds is 7. The van der Waals surface area contributed by atoms with Gasteiger partial charge in [0, 0.05) is 12.4 Å². The van der Waals surface area contributed by atoms with E-state index in [4.69, 9.17) is 23.2 Å². The fourth-order valence-corrected chi connectivity index (χ4v) is 1.99. The second-order valence-electron chi connectivity index (χ2n) is 4.24. The van der Waals surface area contributed by atoms with Crippen LogP contribution in [0, 0.1) is 5.82 Å². The molecule has 0 bridgehead atoms. The Balaban J connectivity index is 2.34. The molecule has 4 heteroatoms. The van der Waals surface area contributed by atoms with Crippen LogP contribution in [0.3, 0.4) is 0 Å². The van der Waals surface area contributed by atoms with E-state index in [2.05, 4.69) is 4.90 Å². The molecule has 0 N–H and O–H groups in total. The number of nitrogens with zero attached hydrogens (tertiary/aromatic N) is 1. The summed E-state index contributed by atoms with van der Waals surface area (Å²) in [5.74, 6) is 0.381. The smallest absolute Gasteiger partial charge is 0.142 e. The van der Waals surface area contributed by atoms with Crippen molar-refractivity contribution in [1.82, 2.24) is 4.90 Å². The second-order valence-corrected chi connectivity index (χ2v) is 5.02. The molecular weight excluding hydrogens is 260 g/mol. The molecule has 0 unspecified atom stereocenters. The standard InChI is InChI=1S/C13H18Cl2FN/c1-17(8-4-2-3-7-14)10-11-5-6-12(15)13(16)9-11/h5-6,9H,2-4,7-8,10H2,1H3. The highest BCUT2D eigenvalue weighted by Crippen LogP contribution is 2.16. The Morgan fingerprint density at radius 3 is 2.65 bits per heavy atom. The molecule has 0 spiro atoms. The van der Waals surface area contributed by atoms with Crippen LogP contribution < -0.4 is 0 Å². The Hall–Kier alpha value is -0.310. The van der Waals surface area contributed by atoms with E-state index in [0.29, 0.717) is 0 Å². The zero-order chi connectivity index (χ0) is 12.7. The first-order valence-corrected chi connectivity index (χ1v) is 6.73. The average molecular weight is 278 g/mol. The number of hydrogen-bond acceptors (Lipinski definition) is 1. The summed E-state index contributed by atoms with van der Waals surface area (Å²) < 4.78 is 13.2. The van der Waals surface area contributed by atoms with E-state index in [-0.39, 0.29) is 10.8 Å². The molecule has 0 atom stereocenters. The molecule has 0 aliphatic carbocycles. The van der Waals surface area contributed by atoms with Crippen LogP contribution in [0.4, 0.5) is 4.39 Å². The number of alkyl halides is 1. The molecular formula is C13H18Cl2FN. The first kappa shape index (κ1) is 14.7. The van der Waals surface area contributed by atoms with Crippen molar-refractivity contribution in [3.05, 3.63) is 34.6 Å². The summed E-state index contributed by atoms with van der Waals surface area (Å²) in [4.78, 5) is 2.18. The monoisotopic (exact) mass is 277 g/mol. The van der Waals surface area contributed by atoms with Gasteiger partial charge in [0.15, 0.2) is 0 Å². The van der Waals surface area contributed by atoms with Crippen LogP contribution in [0.5, 0.6) is 0 Å². The van der Waals surface area contributed by atoms with Crippen molar-refractivity contribution < 1.29 is 4.39 Å². The number of halogens is 3. The van der Waals surface area contributed by atoms with Gasteiger partial charge in [-0.15, -0.1) is 11.6 Å². The zero-order valence-corrected chi connectivity index (χ0v) is 11.6. The molecule has 0 aromatic heterocycles. The van der Waals surface area contributed by atoms with E-state index in [0.717, 1.165) is 43.8 Å². The van der Waals surface area contributed by atoms with Gasteiger partial charge in [-0.05, 0) is 44.1 Å². The van der Waals surface area contributed by atoms with E-state index >= 15 is 0 Å². The molecule has 1 nitrogen and oxygen atoms in total. The third kappa shape index (κ3) is 5.71. The van der Waals surface area contributed by atoms with Crippen molar-refractivity contribution in [2.45, 2.75) is 25.8 Å². The normalized spacial score (nSPS) is 11.1. The minimum Gasteiger partial charge on any atom is -0.302 e. The van der Waals surface area contributed by atoms with Gasteiger partial charge in [0.1, 0.15) is 5.82 Å². The van der Waals surface area contributed by atoms with Gasteiger partial charge in [-0.25, -0.2) is 4.39 Å². The third-order valence-corrected chi connectivity index (χ3v) is 3.18. The highest BCUT2D eigenvalue weighted by molar-refractivity contribution is 6.30. The fraction of sp³-hybridized carbons (Fsp3) is 0.538. The number of unbranched alkanes of at least 4 members (excludes halogenated alkanes) is 2. The van der Waals surface area contributed by atoms with Crippen LogP contribution in [-0.2, 0) is 6.54 Å². The Bertz CT molecular complexity index is 344. The van der Waals surface area contributed by atoms with Gasteiger partial charge >= 0.3 is 0 Å². The van der Waals surface area contributed by atoms with Gasteiger partial charge in [0.2, 0.25) is 0 Å². The summed E-state index contributed by atoms with van der Waals surface area (Å²) in [6, 6.07) is 4.96. The highest BCUT2D eigenvalue weighted by atomic mass is 35.5. The largest absolute Gasteiger partial charge is 0.302 e. The van der Waals surface area contributed by atoms with Crippen molar-refractivity contribution in [2.75, 3.05) is 19.5 Å². The predicted octanol–water partition coefficient (Wildman–Crippen LogP) is 4.32. The van der Waals surface area contributed by atoms with Gasteiger partial charge in [-0.3, -0.25) is 0 Å². The lowest BCUT2D eigenvalue weighted by Crippen LogP contribution is -2.19. The Kier molecular flexibility index (Phi) is 6.86. The van der Waals surface area contributed by atoms with Gasteiger partial charge in [-0.1, -0.05) is 24.1 Å². The Labute approximate surface area is 113 Å². The van der Waals surface area contributed by atoms with Crippen LogP contribution in [0.2, 0.25) is 5.02 Å². The molecule has 17 heavy (non-hydrogen) atoms. The summed E-state index contributed by atoms with van der Waals surface area (Å²) in [6.07, 6.45) is 3.33. The minimum atomic E-state index is -0.347. The van der Waals surface area contributed by atoms with Crippen LogP contribution in [0.1, 0.15) is 24.8 Å². The number of hydrogen-bond donors (Lipinski definition) is 0. The molecule has 0 radical (unpaired) electrons. The lowest BCUT2D eigenvalue weighted by atomic mass is 10.2. The molecule has 0 saturated carbocycles. The molecule has 1 aromatic carbocycles. The quantitative estimate of drug-likeness (QED) is 0.530. The maximum Gasteiger partial charge on any atom is 0.142 e. The summed E-state index contributed by atoms with van der Waals surface area (Å²) in [6.45, 7) is 1.75. The molecule has 0 amide bonds. The molecule has 0 aliphatic rings. The van der Waals surface area contributed by atoms with Crippen molar-refractivity contribution in [1.29, 1.82) is 0 Å². The van der Waals surface area contributed by atoms with Crippen molar-refractivity contribution in [3.8, 4) is 0 Å². The minimum absolute atomic E-state index is 0.179. The summed E-state index contributed by atoms with van der Waals surface area (Å²) in [7, 11) is 2.03. The molecule has 0 aliphatic heterocycles. The molecule has 1 aromatic rings. The van der Waals surface area contributed by atoms with Crippen LogP contribution >= 0.6 is 23.2 Å². The van der Waals surface area contributed by atoms with Crippen LogP contribution in [0.25, 0.3) is 0 Å². The lowest BCUT2D eigenvalue weighted by Gasteiger charge is -2.16. The van der Waals surface area contributed by atoms with Crippen LogP contribution in [0.15, 0.2) is 18.2 Å². The van der Waals surface area contributed by atoms with E-state index in [1.165, 1.54) is 6.07 Å². The summed E-state index contributed by atoms with van der Waals surface area (Å²) >= 11 is 11.2. The van der Waals surface area contributed by atoms with E-state index in [1.807, 2.05) is 13.1 Å². The molecule has 96 valence electrons. The van der Waals surface area contributed by atoms with Crippen molar-refractivity contribution in [2.24, 2.45) is 0 Å². The average Bonchev–Trinajstić information content (AvgIpc) is 2.30. The molecule has 1 rings (SSSR count). The first-order valence-electron chi connectivity index (χ1n) is 5.82. The van der Waals surface area contributed by atoms with Crippen molar-refractivity contribution >= 4 is 23.2 Å². The zero-order valence-electron chi connectivity index (χ0n) is 10.1. The second kappa shape index (κ2) is 7.91. The highest BCUT2D eigenvalue weighted by Gasteiger charge is 2.04. The summed E-state index contributed by atoms with van der Waals surface area (Å²) in [5, 5.41) is 0.179. The molecule has 0 saturated heterocycles. The molecule has 0 heterocycles. The number of benzene rings is 1. The van der Waals surface area contributed by atoms with E-state index < -0.39 is 0 Å². The van der Waals surface area contributed by atoms with Gasteiger partial charge in [0.05, 0.1) is 5.02 Å². The van der Waals surface area contributed by atoms with Crippen LogP contribution in [-0.4, -0.2) is 24.4 Å². The van der Waals surface area contributed by atoms with Gasteiger partial charge < -0.3 is 4.90 Å². The maximum absolute atomic E-state index is 13.2. The van der Waals surface area contributed by atoms with Crippen molar-refractivity contribution in [3.63, 3.8) is 0 Å². The summed E-state index contributed by atoms with van der Waals surface area (Å²) in [5.41, 5.74) is 0.951. The SMILES string of the molecule is CN(CCCCCCl)Cc1ccc(Cl)c(F)c1. The Morgan fingerprint density at radius 2 is 2.00 bits per heavy atom.